The Bertz CT molecular complexity index is 836. The summed E-state index contributed by atoms with van der Waals surface area (Å²) in [4.78, 5) is 12.9. The standard InChI is InChI=1S/C17H14BrNO2/c1-19-10-12(16-14(19)8-5-9-15(16)21-2)17(20)11-6-3-4-7-13(11)18/h3-10H,1-2H3. The van der Waals surface area contributed by atoms with Crippen molar-refractivity contribution >= 4 is 32.6 Å². The SMILES string of the molecule is COc1cccc2c1c(C(=O)c1ccccc1Br)cn2C. The zero-order valence-corrected chi connectivity index (χ0v) is 13.3. The molecular weight excluding hydrogens is 330 g/mol. The maximum atomic E-state index is 12.9. The third kappa shape index (κ3) is 2.25. The fourth-order valence-corrected chi connectivity index (χ4v) is 3.01. The van der Waals surface area contributed by atoms with Crippen molar-refractivity contribution in [1.29, 1.82) is 0 Å². The molecule has 0 aliphatic carbocycles. The molecule has 0 bridgehead atoms. The van der Waals surface area contributed by atoms with Crippen LogP contribution in [0.3, 0.4) is 0 Å². The number of ketones is 1. The van der Waals surface area contributed by atoms with Gasteiger partial charge in [-0.25, -0.2) is 0 Å². The molecule has 0 saturated heterocycles. The number of rotatable bonds is 3. The van der Waals surface area contributed by atoms with E-state index in [0.29, 0.717) is 16.9 Å². The van der Waals surface area contributed by atoms with Crippen LogP contribution in [0, 0.1) is 0 Å². The van der Waals surface area contributed by atoms with E-state index < -0.39 is 0 Å². The number of nitrogens with zero attached hydrogens (tertiary/aromatic N) is 1. The van der Waals surface area contributed by atoms with Crippen molar-refractivity contribution in [2.75, 3.05) is 7.11 Å². The molecule has 3 nitrogen and oxygen atoms in total. The van der Waals surface area contributed by atoms with Gasteiger partial charge >= 0.3 is 0 Å². The smallest absolute Gasteiger partial charge is 0.196 e. The van der Waals surface area contributed by atoms with E-state index in [0.717, 1.165) is 15.4 Å². The lowest BCUT2D eigenvalue weighted by Gasteiger charge is -2.06. The summed E-state index contributed by atoms with van der Waals surface area (Å²) in [5.74, 6) is 0.695. The molecule has 0 amide bonds. The summed E-state index contributed by atoms with van der Waals surface area (Å²) in [6.07, 6.45) is 1.86. The van der Waals surface area contributed by atoms with Gasteiger partial charge in [0.25, 0.3) is 0 Å². The number of aromatic nitrogens is 1. The number of halogens is 1. The summed E-state index contributed by atoms with van der Waals surface area (Å²) in [5.41, 5.74) is 2.28. The number of aryl methyl sites for hydroxylation is 1. The first kappa shape index (κ1) is 13.9. The van der Waals surface area contributed by atoms with E-state index in [-0.39, 0.29) is 5.78 Å². The summed E-state index contributed by atoms with van der Waals surface area (Å²) >= 11 is 3.44. The molecule has 21 heavy (non-hydrogen) atoms. The van der Waals surface area contributed by atoms with Gasteiger partial charge in [-0.2, -0.15) is 0 Å². The van der Waals surface area contributed by atoms with E-state index in [2.05, 4.69) is 15.9 Å². The summed E-state index contributed by atoms with van der Waals surface area (Å²) < 4.78 is 8.16. The minimum absolute atomic E-state index is 0.0161. The summed E-state index contributed by atoms with van der Waals surface area (Å²) in [7, 11) is 3.55. The third-order valence-electron chi connectivity index (χ3n) is 3.56. The van der Waals surface area contributed by atoms with Crippen LogP contribution in [0.1, 0.15) is 15.9 Å². The molecule has 0 fully saturated rings. The van der Waals surface area contributed by atoms with Crippen molar-refractivity contribution < 1.29 is 9.53 Å². The fourth-order valence-electron chi connectivity index (χ4n) is 2.54. The molecule has 106 valence electrons. The second-order valence-corrected chi connectivity index (χ2v) is 5.67. The number of methoxy groups -OCH3 is 1. The predicted octanol–water partition coefficient (Wildman–Crippen LogP) is 4.18. The molecule has 0 saturated carbocycles. The first-order chi connectivity index (χ1) is 10.1. The average Bonchev–Trinajstić information content (AvgIpc) is 2.84. The highest BCUT2D eigenvalue weighted by molar-refractivity contribution is 9.10. The van der Waals surface area contributed by atoms with Crippen LogP contribution in [-0.4, -0.2) is 17.5 Å². The van der Waals surface area contributed by atoms with Gasteiger partial charge in [0.1, 0.15) is 5.75 Å². The minimum Gasteiger partial charge on any atom is -0.496 e. The molecule has 4 heteroatoms. The molecule has 1 heterocycles. The van der Waals surface area contributed by atoms with Gasteiger partial charge in [0, 0.05) is 23.3 Å². The Hall–Kier alpha value is -2.07. The number of carbonyl (C=O) groups excluding carboxylic acids is 1. The molecular formula is C17H14BrNO2. The summed E-state index contributed by atoms with van der Waals surface area (Å²) in [6.45, 7) is 0. The lowest BCUT2D eigenvalue weighted by molar-refractivity contribution is 0.103. The van der Waals surface area contributed by atoms with Gasteiger partial charge in [-0.3, -0.25) is 4.79 Å². The molecule has 0 atom stereocenters. The number of benzene rings is 2. The van der Waals surface area contributed by atoms with Crippen LogP contribution < -0.4 is 4.74 Å². The summed E-state index contributed by atoms with van der Waals surface area (Å²) in [6, 6.07) is 13.2. The highest BCUT2D eigenvalue weighted by Crippen LogP contribution is 2.32. The largest absolute Gasteiger partial charge is 0.496 e. The second kappa shape index (κ2) is 5.37. The van der Waals surface area contributed by atoms with E-state index in [1.54, 1.807) is 7.11 Å². The van der Waals surface area contributed by atoms with Crippen molar-refractivity contribution in [2.24, 2.45) is 7.05 Å². The molecule has 0 aliphatic heterocycles. The quantitative estimate of drug-likeness (QED) is 0.668. The number of carbonyl (C=O) groups is 1. The molecule has 0 radical (unpaired) electrons. The van der Waals surface area contributed by atoms with Gasteiger partial charge in [-0.05, 0) is 24.3 Å². The van der Waals surface area contributed by atoms with Crippen molar-refractivity contribution in [1.82, 2.24) is 4.57 Å². The monoisotopic (exact) mass is 343 g/mol. The Labute approximate surface area is 131 Å². The Balaban J connectivity index is 2.26. The van der Waals surface area contributed by atoms with Crippen molar-refractivity contribution in [3.05, 3.63) is 64.3 Å². The molecule has 0 aliphatic rings. The second-order valence-electron chi connectivity index (χ2n) is 4.82. The van der Waals surface area contributed by atoms with Gasteiger partial charge in [0.15, 0.2) is 5.78 Å². The maximum absolute atomic E-state index is 12.9. The van der Waals surface area contributed by atoms with Crippen LogP contribution in [-0.2, 0) is 7.05 Å². The zero-order chi connectivity index (χ0) is 15.0. The topological polar surface area (TPSA) is 31.2 Å². The molecule has 3 rings (SSSR count). The molecule has 2 aromatic carbocycles. The van der Waals surface area contributed by atoms with Crippen LogP contribution in [0.15, 0.2) is 53.1 Å². The lowest BCUT2D eigenvalue weighted by Crippen LogP contribution is -2.02. The number of hydrogen-bond donors (Lipinski definition) is 0. The number of ether oxygens (including phenoxy) is 1. The predicted molar refractivity (Wildman–Crippen MR) is 87.0 cm³/mol. The first-order valence-electron chi connectivity index (χ1n) is 6.54. The minimum atomic E-state index is -0.0161. The van der Waals surface area contributed by atoms with Crippen molar-refractivity contribution in [3.63, 3.8) is 0 Å². The molecule has 0 N–H and O–H groups in total. The van der Waals surface area contributed by atoms with Gasteiger partial charge in [-0.15, -0.1) is 0 Å². The van der Waals surface area contributed by atoms with Gasteiger partial charge < -0.3 is 9.30 Å². The van der Waals surface area contributed by atoms with Crippen LogP contribution in [0.5, 0.6) is 5.75 Å². The van der Waals surface area contributed by atoms with Crippen LogP contribution in [0.25, 0.3) is 10.9 Å². The lowest BCUT2D eigenvalue weighted by atomic mass is 10.0. The first-order valence-corrected chi connectivity index (χ1v) is 7.34. The number of hydrogen-bond acceptors (Lipinski definition) is 2. The maximum Gasteiger partial charge on any atom is 0.196 e. The van der Waals surface area contributed by atoms with Gasteiger partial charge in [-0.1, -0.05) is 34.1 Å². The highest BCUT2D eigenvalue weighted by atomic mass is 79.9. The van der Waals surface area contributed by atoms with Crippen LogP contribution >= 0.6 is 15.9 Å². The number of fused-ring (bicyclic) bond motifs is 1. The molecule has 3 aromatic rings. The Morgan fingerprint density at radius 2 is 1.86 bits per heavy atom. The zero-order valence-electron chi connectivity index (χ0n) is 11.8. The Morgan fingerprint density at radius 1 is 1.10 bits per heavy atom. The fraction of sp³-hybridized carbons (Fsp3) is 0.118. The van der Waals surface area contributed by atoms with Crippen LogP contribution in [0.4, 0.5) is 0 Å². The highest BCUT2D eigenvalue weighted by Gasteiger charge is 2.20. The van der Waals surface area contributed by atoms with Gasteiger partial charge in [0.2, 0.25) is 0 Å². The van der Waals surface area contributed by atoms with E-state index in [4.69, 9.17) is 4.74 Å². The Kier molecular flexibility index (Phi) is 3.55. The third-order valence-corrected chi connectivity index (χ3v) is 4.25. The van der Waals surface area contributed by atoms with Crippen molar-refractivity contribution in [3.8, 4) is 5.75 Å². The normalized spacial score (nSPS) is 10.8. The van der Waals surface area contributed by atoms with E-state index in [1.807, 2.05) is 60.3 Å². The summed E-state index contributed by atoms with van der Waals surface area (Å²) in [5, 5.41) is 0.850. The molecule has 1 aromatic heterocycles. The molecule has 0 spiro atoms. The Morgan fingerprint density at radius 3 is 2.57 bits per heavy atom. The van der Waals surface area contributed by atoms with E-state index in [9.17, 15) is 4.79 Å². The van der Waals surface area contributed by atoms with Crippen LogP contribution in [0.2, 0.25) is 0 Å². The average molecular weight is 344 g/mol. The van der Waals surface area contributed by atoms with E-state index >= 15 is 0 Å². The van der Waals surface area contributed by atoms with Crippen molar-refractivity contribution in [2.45, 2.75) is 0 Å². The van der Waals surface area contributed by atoms with Gasteiger partial charge in [0.05, 0.1) is 23.6 Å². The van der Waals surface area contributed by atoms with E-state index in [1.165, 1.54) is 0 Å². The molecule has 0 unspecified atom stereocenters.